The molecule has 0 spiro atoms. The van der Waals surface area contributed by atoms with Crippen molar-refractivity contribution < 1.29 is 13.2 Å². The fourth-order valence-electron chi connectivity index (χ4n) is 2.00. The number of alkyl halides is 3. The Kier molecular flexibility index (Phi) is 4.34. The third-order valence-electron chi connectivity index (χ3n) is 3.05. The highest BCUT2D eigenvalue weighted by atomic mass is 19.4. The summed E-state index contributed by atoms with van der Waals surface area (Å²) in [5.74, 6) is 0. The Morgan fingerprint density at radius 2 is 2.00 bits per heavy atom. The van der Waals surface area contributed by atoms with E-state index in [1.807, 2.05) is 0 Å². The van der Waals surface area contributed by atoms with Crippen LogP contribution in [0.1, 0.15) is 22.7 Å². The second-order valence-electron chi connectivity index (χ2n) is 4.42. The fourth-order valence-corrected chi connectivity index (χ4v) is 2.00. The van der Waals surface area contributed by atoms with E-state index in [9.17, 15) is 13.2 Å². The van der Waals surface area contributed by atoms with Gasteiger partial charge in [-0.05, 0) is 36.7 Å². The maximum atomic E-state index is 12.7. The summed E-state index contributed by atoms with van der Waals surface area (Å²) in [6, 6.07) is 7.06. The predicted octanol–water partition coefficient (Wildman–Crippen LogP) is 3.00. The molecule has 1 aromatic carbocycles. The molecule has 1 atom stereocenters. The quantitative estimate of drug-likeness (QED) is 0.936. The maximum absolute atomic E-state index is 12.7. The summed E-state index contributed by atoms with van der Waals surface area (Å²) in [4.78, 5) is 0. The Bertz CT molecular complexity index is 555. The summed E-state index contributed by atoms with van der Waals surface area (Å²) in [7, 11) is 1.76. The number of rotatable bonds is 4. The summed E-state index contributed by atoms with van der Waals surface area (Å²) in [6.07, 6.45) is -0.698. The average Bonchev–Trinajstić information content (AvgIpc) is 2.45. The number of halogens is 3. The molecular weight excluding hydrogens is 267 g/mol. The van der Waals surface area contributed by atoms with Gasteiger partial charge < -0.3 is 5.32 Å². The van der Waals surface area contributed by atoms with Gasteiger partial charge in [0.15, 0.2) is 0 Å². The van der Waals surface area contributed by atoms with Crippen LogP contribution in [0.4, 0.5) is 13.2 Å². The number of likely N-dealkylation sites (N-methyl/N-ethyl adjacent to an activating group) is 1. The molecule has 1 unspecified atom stereocenters. The Hall–Kier alpha value is -1.95. The van der Waals surface area contributed by atoms with E-state index in [-0.39, 0.29) is 6.04 Å². The van der Waals surface area contributed by atoms with Gasteiger partial charge >= 0.3 is 6.18 Å². The molecule has 0 aliphatic heterocycles. The van der Waals surface area contributed by atoms with Gasteiger partial charge in [0.1, 0.15) is 0 Å². The summed E-state index contributed by atoms with van der Waals surface area (Å²) in [5.41, 5.74) is 0.883. The molecule has 0 aliphatic rings. The summed E-state index contributed by atoms with van der Waals surface area (Å²) in [6.45, 7) is 0. The van der Waals surface area contributed by atoms with Crippen LogP contribution < -0.4 is 5.32 Å². The molecule has 1 N–H and O–H groups in total. The van der Waals surface area contributed by atoms with Gasteiger partial charge in [0.2, 0.25) is 0 Å². The van der Waals surface area contributed by atoms with E-state index >= 15 is 0 Å². The second kappa shape index (κ2) is 6.00. The molecular formula is C14H14F3N3. The maximum Gasteiger partial charge on any atom is 0.416 e. The van der Waals surface area contributed by atoms with Gasteiger partial charge in [-0.1, -0.05) is 18.2 Å². The average molecular weight is 281 g/mol. The van der Waals surface area contributed by atoms with E-state index in [4.69, 9.17) is 0 Å². The van der Waals surface area contributed by atoms with Crippen LogP contribution in [-0.4, -0.2) is 17.2 Å². The van der Waals surface area contributed by atoms with E-state index in [0.29, 0.717) is 12.0 Å². The molecule has 3 nitrogen and oxygen atoms in total. The predicted molar refractivity (Wildman–Crippen MR) is 69.0 cm³/mol. The standard InChI is InChI=1S/C14H14F3N3/c1-18-13(11-5-6-19-20-9-11)8-10-3-2-4-12(7-10)14(15,16)17/h2-7,9,13,18H,8H2,1H3. The third kappa shape index (κ3) is 3.54. The van der Waals surface area contributed by atoms with Crippen LogP contribution >= 0.6 is 0 Å². The lowest BCUT2D eigenvalue weighted by atomic mass is 9.99. The summed E-state index contributed by atoms with van der Waals surface area (Å²) < 4.78 is 38.0. The normalized spacial score (nSPS) is 13.2. The zero-order valence-corrected chi connectivity index (χ0v) is 10.9. The van der Waals surface area contributed by atoms with Crippen LogP contribution in [-0.2, 0) is 12.6 Å². The minimum atomic E-state index is -4.32. The van der Waals surface area contributed by atoms with Gasteiger partial charge in [0.25, 0.3) is 0 Å². The topological polar surface area (TPSA) is 37.8 Å². The van der Waals surface area contributed by atoms with Crippen molar-refractivity contribution in [2.75, 3.05) is 7.05 Å². The van der Waals surface area contributed by atoms with Crippen molar-refractivity contribution in [2.24, 2.45) is 0 Å². The Labute approximate surface area is 114 Å². The van der Waals surface area contributed by atoms with Crippen molar-refractivity contribution >= 4 is 0 Å². The lowest BCUT2D eigenvalue weighted by Gasteiger charge is -2.17. The van der Waals surface area contributed by atoms with Crippen LogP contribution in [0.15, 0.2) is 42.7 Å². The fraction of sp³-hybridized carbons (Fsp3) is 0.286. The van der Waals surface area contributed by atoms with Crippen LogP contribution in [0.3, 0.4) is 0 Å². The first-order valence-electron chi connectivity index (χ1n) is 6.10. The molecule has 20 heavy (non-hydrogen) atoms. The molecule has 2 aromatic rings. The second-order valence-corrected chi connectivity index (χ2v) is 4.42. The van der Waals surface area contributed by atoms with Crippen molar-refractivity contribution in [3.8, 4) is 0 Å². The zero-order chi connectivity index (χ0) is 14.6. The van der Waals surface area contributed by atoms with Gasteiger partial charge in [-0.15, -0.1) is 0 Å². The SMILES string of the molecule is CNC(Cc1cccc(C(F)(F)F)c1)c1ccnnc1. The molecule has 0 saturated carbocycles. The van der Waals surface area contributed by atoms with Crippen molar-refractivity contribution in [3.63, 3.8) is 0 Å². The lowest BCUT2D eigenvalue weighted by molar-refractivity contribution is -0.137. The van der Waals surface area contributed by atoms with Crippen LogP contribution in [0.25, 0.3) is 0 Å². The smallest absolute Gasteiger partial charge is 0.313 e. The molecule has 6 heteroatoms. The van der Waals surface area contributed by atoms with Crippen molar-refractivity contribution in [1.82, 2.24) is 15.5 Å². The molecule has 0 fully saturated rings. The first-order chi connectivity index (χ1) is 9.50. The lowest BCUT2D eigenvalue weighted by Crippen LogP contribution is -2.19. The van der Waals surface area contributed by atoms with Gasteiger partial charge in [-0.25, -0.2) is 0 Å². The summed E-state index contributed by atoms with van der Waals surface area (Å²) >= 11 is 0. The molecule has 1 heterocycles. The number of benzene rings is 1. The number of hydrogen-bond acceptors (Lipinski definition) is 3. The van der Waals surface area contributed by atoms with Gasteiger partial charge in [-0.2, -0.15) is 23.4 Å². The molecule has 0 aliphatic carbocycles. The van der Waals surface area contributed by atoms with Crippen LogP contribution in [0.2, 0.25) is 0 Å². The first-order valence-corrected chi connectivity index (χ1v) is 6.10. The highest BCUT2D eigenvalue weighted by molar-refractivity contribution is 5.27. The Morgan fingerprint density at radius 1 is 1.20 bits per heavy atom. The highest BCUT2D eigenvalue weighted by Crippen LogP contribution is 2.30. The Balaban J connectivity index is 2.20. The number of nitrogens with one attached hydrogen (secondary N) is 1. The van der Waals surface area contributed by atoms with E-state index in [1.165, 1.54) is 12.1 Å². The van der Waals surface area contributed by atoms with E-state index in [2.05, 4.69) is 15.5 Å². The monoisotopic (exact) mass is 281 g/mol. The molecule has 0 amide bonds. The van der Waals surface area contributed by atoms with Crippen LogP contribution in [0, 0.1) is 0 Å². The molecule has 1 aromatic heterocycles. The first kappa shape index (κ1) is 14.5. The van der Waals surface area contributed by atoms with Gasteiger partial charge in [0, 0.05) is 12.2 Å². The van der Waals surface area contributed by atoms with Gasteiger partial charge in [0.05, 0.1) is 11.8 Å². The van der Waals surface area contributed by atoms with E-state index in [0.717, 1.165) is 11.6 Å². The minimum absolute atomic E-state index is 0.103. The third-order valence-corrected chi connectivity index (χ3v) is 3.05. The molecule has 0 bridgehead atoms. The molecule has 0 radical (unpaired) electrons. The minimum Gasteiger partial charge on any atom is -0.313 e. The molecule has 2 rings (SSSR count). The van der Waals surface area contributed by atoms with Crippen molar-refractivity contribution in [2.45, 2.75) is 18.6 Å². The number of nitrogens with zero attached hydrogens (tertiary/aromatic N) is 2. The van der Waals surface area contributed by atoms with Crippen molar-refractivity contribution in [1.29, 1.82) is 0 Å². The highest BCUT2D eigenvalue weighted by Gasteiger charge is 2.30. The number of hydrogen-bond donors (Lipinski definition) is 1. The van der Waals surface area contributed by atoms with Gasteiger partial charge in [-0.3, -0.25) is 0 Å². The largest absolute Gasteiger partial charge is 0.416 e. The zero-order valence-electron chi connectivity index (χ0n) is 10.9. The summed E-state index contributed by atoms with van der Waals surface area (Å²) in [5, 5.41) is 10.5. The van der Waals surface area contributed by atoms with Crippen molar-refractivity contribution in [3.05, 3.63) is 59.4 Å². The van der Waals surface area contributed by atoms with E-state index in [1.54, 1.807) is 31.6 Å². The molecule has 0 saturated heterocycles. The Morgan fingerprint density at radius 3 is 2.60 bits per heavy atom. The van der Waals surface area contributed by atoms with E-state index < -0.39 is 11.7 Å². The number of aromatic nitrogens is 2. The molecule has 106 valence electrons. The van der Waals surface area contributed by atoms with Crippen LogP contribution in [0.5, 0.6) is 0 Å².